The molecule has 138 valence electrons. The Bertz CT molecular complexity index is 751. The lowest BCUT2D eigenvalue weighted by Gasteiger charge is -2.33. The van der Waals surface area contributed by atoms with Gasteiger partial charge in [-0.25, -0.2) is 4.98 Å². The van der Waals surface area contributed by atoms with Gasteiger partial charge in [0, 0.05) is 25.0 Å². The summed E-state index contributed by atoms with van der Waals surface area (Å²) < 4.78 is 0. The Balaban J connectivity index is 1.28. The SMILES string of the molecule is CC1CCCCN1Cc1ccc(CNC(=O)c2cnc(C3CC3)s2)cc1. The first-order chi connectivity index (χ1) is 12.7. The minimum absolute atomic E-state index is 0.0133. The van der Waals surface area contributed by atoms with E-state index in [9.17, 15) is 4.79 Å². The van der Waals surface area contributed by atoms with Gasteiger partial charge in [0.05, 0.1) is 11.2 Å². The second-order valence-electron chi connectivity index (χ2n) is 7.65. The smallest absolute Gasteiger partial charge is 0.263 e. The Hall–Kier alpha value is -1.72. The van der Waals surface area contributed by atoms with Gasteiger partial charge in [0.2, 0.25) is 0 Å². The second kappa shape index (κ2) is 7.89. The molecule has 4 nitrogen and oxygen atoms in total. The van der Waals surface area contributed by atoms with Crippen molar-refractivity contribution in [1.82, 2.24) is 15.2 Å². The fraction of sp³-hybridized carbons (Fsp3) is 0.524. The summed E-state index contributed by atoms with van der Waals surface area (Å²) in [6.45, 7) is 5.13. The fourth-order valence-electron chi connectivity index (χ4n) is 3.57. The van der Waals surface area contributed by atoms with Gasteiger partial charge in [-0.2, -0.15) is 0 Å². The van der Waals surface area contributed by atoms with Crippen LogP contribution in [0.1, 0.15) is 70.8 Å². The zero-order valence-electron chi connectivity index (χ0n) is 15.4. The van der Waals surface area contributed by atoms with Gasteiger partial charge in [-0.3, -0.25) is 9.69 Å². The number of hydrogen-bond donors (Lipinski definition) is 1. The molecule has 0 radical (unpaired) electrons. The monoisotopic (exact) mass is 369 g/mol. The number of aromatic nitrogens is 1. The summed E-state index contributed by atoms with van der Waals surface area (Å²) in [7, 11) is 0. The Morgan fingerprint density at radius 2 is 1.96 bits per heavy atom. The molecule has 0 bridgehead atoms. The number of amides is 1. The topological polar surface area (TPSA) is 45.2 Å². The third-order valence-corrected chi connectivity index (χ3v) is 6.63. The van der Waals surface area contributed by atoms with Crippen LogP contribution in [0.2, 0.25) is 0 Å². The molecular formula is C21H27N3OS. The molecule has 2 heterocycles. The lowest BCUT2D eigenvalue weighted by molar-refractivity contribution is 0.0954. The number of nitrogens with one attached hydrogen (secondary N) is 1. The van der Waals surface area contributed by atoms with E-state index in [4.69, 9.17) is 0 Å². The molecule has 1 N–H and O–H groups in total. The Kier molecular flexibility index (Phi) is 5.36. The standard InChI is InChI=1S/C21H27N3OS/c1-15-4-2-3-11-24(15)14-17-7-5-16(6-8-17)12-22-20(25)19-13-23-21(26-19)18-9-10-18/h5-8,13,15,18H,2-4,9-12,14H2,1H3,(H,22,25). The first kappa shape index (κ1) is 17.7. The Morgan fingerprint density at radius 1 is 1.19 bits per heavy atom. The van der Waals surface area contributed by atoms with Crippen molar-refractivity contribution in [3.8, 4) is 0 Å². The molecule has 26 heavy (non-hydrogen) atoms. The van der Waals surface area contributed by atoms with E-state index in [-0.39, 0.29) is 5.91 Å². The van der Waals surface area contributed by atoms with E-state index in [1.807, 2.05) is 0 Å². The molecule has 1 amide bonds. The van der Waals surface area contributed by atoms with Gasteiger partial charge < -0.3 is 5.32 Å². The molecule has 1 aliphatic heterocycles. The molecule has 2 aliphatic rings. The van der Waals surface area contributed by atoms with Crippen molar-refractivity contribution in [2.45, 2.75) is 64.1 Å². The summed E-state index contributed by atoms with van der Waals surface area (Å²) in [4.78, 5) is 20.0. The highest BCUT2D eigenvalue weighted by Gasteiger charge is 2.27. The van der Waals surface area contributed by atoms with E-state index in [1.165, 1.54) is 44.2 Å². The van der Waals surface area contributed by atoms with E-state index in [1.54, 1.807) is 17.5 Å². The maximum Gasteiger partial charge on any atom is 0.263 e. The zero-order valence-corrected chi connectivity index (χ0v) is 16.2. The molecule has 1 atom stereocenters. The fourth-order valence-corrected chi connectivity index (χ4v) is 4.57. The Labute approximate surface area is 159 Å². The lowest BCUT2D eigenvalue weighted by atomic mass is 10.0. The van der Waals surface area contributed by atoms with Crippen molar-refractivity contribution in [1.29, 1.82) is 0 Å². The van der Waals surface area contributed by atoms with Gasteiger partial charge in [-0.15, -0.1) is 11.3 Å². The molecule has 1 saturated carbocycles. The number of carbonyl (C=O) groups excluding carboxylic acids is 1. The molecule has 1 unspecified atom stereocenters. The minimum Gasteiger partial charge on any atom is -0.347 e. The number of nitrogens with zero attached hydrogens (tertiary/aromatic N) is 2. The molecule has 0 spiro atoms. The third kappa shape index (κ3) is 4.33. The number of thiazole rings is 1. The van der Waals surface area contributed by atoms with Crippen LogP contribution in [-0.4, -0.2) is 28.4 Å². The highest BCUT2D eigenvalue weighted by Crippen LogP contribution is 2.41. The maximum atomic E-state index is 12.3. The number of piperidine rings is 1. The van der Waals surface area contributed by atoms with Crippen molar-refractivity contribution in [3.63, 3.8) is 0 Å². The first-order valence-electron chi connectivity index (χ1n) is 9.75. The second-order valence-corrected chi connectivity index (χ2v) is 8.71. The lowest BCUT2D eigenvalue weighted by Crippen LogP contribution is -2.36. The van der Waals surface area contributed by atoms with Crippen LogP contribution in [0.3, 0.4) is 0 Å². The van der Waals surface area contributed by atoms with Gasteiger partial charge >= 0.3 is 0 Å². The van der Waals surface area contributed by atoms with Crippen LogP contribution in [0.5, 0.6) is 0 Å². The molecule has 1 aromatic heterocycles. The van der Waals surface area contributed by atoms with Crippen molar-refractivity contribution in [2.75, 3.05) is 6.54 Å². The largest absolute Gasteiger partial charge is 0.347 e. The molecule has 2 fully saturated rings. The van der Waals surface area contributed by atoms with Gasteiger partial charge in [-0.1, -0.05) is 30.7 Å². The van der Waals surface area contributed by atoms with Crippen molar-refractivity contribution in [3.05, 3.63) is 51.5 Å². The van der Waals surface area contributed by atoms with Crippen molar-refractivity contribution in [2.24, 2.45) is 0 Å². The van der Waals surface area contributed by atoms with Crippen molar-refractivity contribution >= 4 is 17.2 Å². The van der Waals surface area contributed by atoms with E-state index >= 15 is 0 Å². The summed E-state index contributed by atoms with van der Waals surface area (Å²) in [5.74, 6) is 0.595. The first-order valence-corrected chi connectivity index (χ1v) is 10.6. The highest BCUT2D eigenvalue weighted by atomic mass is 32.1. The quantitative estimate of drug-likeness (QED) is 0.824. The molecule has 1 saturated heterocycles. The summed E-state index contributed by atoms with van der Waals surface area (Å²) in [5.41, 5.74) is 2.49. The van der Waals surface area contributed by atoms with Crippen LogP contribution in [0.15, 0.2) is 30.5 Å². The third-order valence-electron chi connectivity index (χ3n) is 5.48. The van der Waals surface area contributed by atoms with Gasteiger partial charge in [0.1, 0.15) is 4.88 Å². The minimum atomic E-state index is -0.0133. The highest BCUT2D eigenvalue weighted by molar-refractivity contribution is 7.13. The molecule has 2 aromatic rings. The molecule has 5 heteroatoms. The normalized spacial score (nSPS) is 20.9. The zero-order chi connectivity index (χ0) is 17.9. The number of likely N-dealkylation sites (tertiary alicyclic amines) is 1. The molecular weight excluding hydrogens is 342 g/mol. The van der Waals surface area contributed by atoms with E-state index in [0.717, 1.165) is 22.0 Å². The summed E-state index contributed by atoms with van der Waals surface area (Å²) in [6.07, 6.45) is 8.14. The summed E-state index contributed by atoms with van der Waals surface area (Å²) in [6, 6.07) is 9.34. The van der Waals surface area contributed by atoms with Gasteiger partial charge in [0.25, 0.3) is 5.91 Å². The predicted molar refractivity (Wildman–Crippen MR) is 105 cm³/mol. The Morgan fingerprint density at radius 3 is 2.69 bits per heavy atom. The van der Waals surface area contributed by atoms with Crippen LogP contribution >= 0.6 is 11.3 Å². The summed E-state index contributed by atoms with van der Waals surface area (Å²) in [5, 5.41) is 4.13. The van der Waals surface area contributed by atoms with Crippen LogP contribution in [0.4, 0.5) is 0 Å². The van der Waals surface area contributed by atoms with Crippen LogP contribution in [0.25, 0.3) is 0 Å². The number of hydrogen-bond acceptors (Lipinski definition) is 4. The number of carbonyl (C=O) groups is 1. The van der Waals surface area contributed by atoms with E-state index < -0.39 is 0 Å². The van der Waals surface area contributed by atoms with Crippen LogP contribution in [0, 0.1) is 0 Å². The summed E-state index contributed by atoms with van der Waals surface area (Å²) >= 11 is 1.54. The van der Waals surface area contributed by atoms with Crippen LogP contribution in [-0.2, 0) is 13.1 Å². The number of benzene rings is 1. The van der Waals surface area contributed by atoms with Crippen LogP contribution < -0.4 is 5.32 Å². The average Bonchev–Trinajstić information content (AvgIpc) is 3.39. The van der Waals surface area contributed by atoms with Gasteiger partial charge in [-0.05, 0) is 50.3 Å². The maximum absolute atomic E-state index is 12.3. The predicted octanol–water partition coefficient (Wildman–Crippen LogP) is 4.32. The molecule has 1 aliphatic carbocycles. The van der Waals surface area contributed by atoms with E-state index in [2.05, 4.69) is 46.4 Å². The van der Waals surface area contributed by atoms with Gasteiger partial charge in [0.15, 0.2) is 0 Å². The molecule has 4 rings (SSSR count). The number of rotatable bonds is 6. The van der Waals surface area contributed by atoms with Crippen molar-refractivity contribution < 1.29 is 4.79 Å². The molecule has 1 aromatic carbocycles. The van der Waals surface area contributed by atoms with E-state index in [0.29, 0.717) is 18.5 Å². The average molecular weight is 370 g/mol.